The van der Waals surface area contributed by atoms with Crippen molar-refractivity contribution in [2.45, 2.75) is 20.3 Å². The van der Waals surface area contributed by atoms with E-state index in [-0.39, 0.29) is 0 Å². The Labute approximate surface area is 180 Å². The monoisotopic (exact) mass is 404 g/mol. The molecule has 1 aromatic carbocycles. The van der Waals surface area contributed by atoms with E-state index < -0.39 is 0 Å². The van der Waals surface area contributed by atoms with E-state index in [1.54, 1.807) is 7.11 Å². The number of nitrogens with zero attached hydrogens (tertiary/aromatic N) is 2. The summed E-state index contributed by atoms with van der Waals surface area (Å²) in [4.78, 5) is 0. The number of methoxy groups -OCH3 is 1. The molecule has 1 aliphatic heterocycles. The van der Waals surface area contributed by atoms with Crippen molar-refractivity contribution < 1.29 is 14.0 Å². The molecule has 0 aliphatic carbocycles. The summed E-state index contributed by atoms with van der Waals surface area (Å²) in [6, 6.07) is 10.2. The van der Waals surface area contributed by atoms with Crippen molar-refractivity contribution in [1.29, 1.82) is 0 Å². The standard InChI is InChI=1S/C24H31BN3O2/c1-5-30-22-11-9-18(16-23(22)29-4)8-10-19-15-17(2)24(27(19)3)20(12-13-26)21-7-6-14-28(21)25/h6-11,14-16H,5,12-13,25-26H2,1-4H3/q+1/b10-8+. The normalized spacial score (nSPS) is 15.7. The van der Waals surface area contributed by atoms with Crippen LogP contribution in [0, 0.1) is 0 Å². The number of hydrogen-bond donors (Lipinski definition) is 1. The molecule has 0 radical (unpaired) electrons. The Balaban J connectivity index is 1.97. The van der Waals surface area contributed by atoms with Gasteiger partial charge >= 0.3 is 0 Å². The van der Waals surface area contributed by atoms with Crippen LogP contribution in [0.5, 0.6) is 11.5 Å². The van der Waals surface area contributed by atoms with Crippen LogP contribution in [0.1, 0.15) is 31.5 Å². The molecule has 0 spiro atoms. The molecule has 0 saturated heterocycles. The van der Waals surface area contributed by atoms with Crippen molar-refractivity contribution in [2.24, 2.45) is 5.73 Å². The molecular weight excluding hydrogens is 373 g/mol. The molecule has 0 atom stereocenters. The molecule has 0 fully saturated rings. The van der Waals surface area contributed by atoms with Crippen molar-refractivity contribution in [3.63, 3.8) is 0 Å². The van der Waals surface area contributed by atoms with E-state index in [1.165, 1.54) is 22.5 Å². The van der Waals surface area contributed by atoms with Gasteiger partial charge in [-0.05, 0) is 68.9 Å². The predicted octanol–water partition coefficient (Wildman–Crippen LogP) is 3.11. The first-order valence-electron chi connectivity index (χ1n) is 10.3. The number of nitrogens with two attached hydrogens (primary N) is 1. The molecule has 156 valence electrons. The molecule has 2 aromatic rings. The maximum absolute atomic E-state index is 5.95. The Kier molecular flexibility index (Phi) is 7.01. The van der Waals surface area contributed by atoms with E-state index in [2.05, 4.69) is 67.6 Å². The maximum atomic E-state index is 5.95. The molecule has 0 unspecified atom stereocenters. The highest BCUT2D eigenvalue weighted by atomic mass is 16.5. The summed E-state index contributed by atoms with van der Waals surface area (Å²) in [5, 5.41) is 0. The summed E-state index contributed by atoms with van der Waals surface area (Å²) >= 11 is 0. The van der Waals surface area contributed by atoms with Crippen LogP contribution in [0.3, 0.4) is 0 Å². The van der Waals surface area contributed by atoms with E-state index in [4.69, 9.17) is 15.2 Å². The second-order valence-electron chi connectivity index (χ2n) is 7.36. The SMILES string of the molecule is Bn1cccc1/C(CCN)=C1/C(C)=CC(/C=C/c2ccc(OCC)c(OC)c2)=[N+]1C. The molecule has 5 nitrogen and oxygen atoms in total. The summed E-state index contributed by atoms with van der Waals surface area (Å²) in [7, 11) is 5.85. The highest BCUT2D eigenvalue weighted by molar-refractivity contribution is 6.08. The third-order valence-electron chi connectivity index (χ3n) is 5.33. The molecule has 3 rings (SSSR count). The number of likely N-dealkylation sites (N-methyl/N-ethyl adjacent to an activating group) is 1. The van der Waals surface area contributed by atoms with Crippen LogP contribution < -0.4 is 15.2 Å². The zero-order valence-corrected chi connectivity index (χ0v) is 18.6. The van der Waals surface area contributed by atoms with Crippen LogP contribution in [0.4, 0.5) is 0 Å². The number of hydrogen-bond acceptors (Lipinski definition) is 3. The molecule has 1 aliphatic rings. The van der Waals surface area contributed by atoms with Crippen LogP contribution in [0.25, 0.3) is 11.6 Å². The van der Waals surface area contributed by atoms with Gasteiger partial charge in [-0.3, -0.25) is 0 Å². The Hall–Kier alpha value is -2.99. The lowest BCUT2D eigenvalue weighted by Crippen LogP contribution is -2.13. The maximum Gasteiger partial charge on any atom is 0.223 e. The second kappa shape index (κ2) is 9.68. The topological polar surface area (TPSA) is 52.4 Å². The second-order valence-corrected chi connectivity index (χ2v) is 7.36. The first-order valence-corrected chi connectivity index (χ1v) is 10.3. The number of benzene rings is 1. The molecule has 0 saturated carbocycles. The van der Waals surface area contributed by atoms with Crippen LogP contribution in [0.2, 0.25) is 0 Å². The lowest BCUT2D eigenvalue weighted by Gasteiger charge is -2.11. The van der Waals surface area contributed by atoms with Crippen LogP contribution >= 0.6 is 0 Å². The van der Waals surface area contributed by atoms with E-state index in [1.807, 2.05) is 25.1 Å². The molecule has 0 bridgehead atoms. The Morgan fingerprint density at radius 2 is 2.03 bits per heavy atom. The molecule has 0 amide bonds. The van der Waals surface area contributed by atoms with Gasteiger partial charge in [0.2, 0.25) is 19.4 Å². The first kappa shape index (κ1) is 21.7. The highest BCUT2D eigenvalue weighted by Crippen LogP contribution is 2.31. The first-order chi connectivity index (χ1) is 14.5. The van der Waals surface area contributed by atoms with Gasteiger partial charge in [-0.25, -0.2) is 0 Å². The van der Waals surface area contributed by atoms with Crippen LogP contribution in [-0.4, -0.2) is 50.1 Å². The lowest BCUT2D eigenvalue weighted by molar-refractivity contribution is -0.433. The van der Waals surface area contributed by atoms with Gasteiger partial charge in [0.05, 0.1) is 13.7 Å². The van der Waals surface area contributed by atoms with Crippen LogP contribution in [0.15, 0.2) is 60.0 Å². The fourth-order valence-electron chi connectivity index (χ4n) is 3.91. The Bertz CT molecular complexity index is 1040. The number of aromatic nitrogens is 1. The van der Waals surface area contributed by atoms with Crippen molar-refractivity contribution >= 4 is 25.3 Å². The number of allylic oxidation sites excluding steroid dienone is 3. The third kappa shape index (κ3) is 4.44. The molecular formula is C24H31BN3O2+. The van der Waals surface area contributed by atoms with Gasteiger partial charge in [-0.1, -0.05) is 6.07 Å². The van der Waals surface area contributed by atoms with Crippen LogP contribution in [-0.2, 0) is 0 Å². The van der Waals surface area contributed by atoms with Gasteiger partial charge in [0.1, 0.15) is 7.05 Å². The van der Waals surface area contributed by atoms with Crippen molar-refractivity contribution in [3.8, 4) is 11.5 Å². The third-order valence-corrected chi connectivity index (χ3v) is 5.33. The average molecular weight is 404 g/mol. The van der Waals surface area contributed by atoms with Gasteiger partial charge in [0.15, 0.2) is 11.5 Å². The number of rotatable bonds is 8. The van der Waals surface area contributed by atoms with Crippen molar-refractivity contribution in [2.75, 3.05) is 27.3 Å². The highest BCUT2D eigenvalue weighted by Gasteiger charge is 2.28. The van der Waals surface area contributed by atoms with E-state index in [9.17, 15) is 0 Å². The smallest absolute Gasteiger partial charge is 0.223 e. The molecule has 2 N–H and O–H groups in total. The molecule has 1 aromatic heterocycles. The summed E-state index contributed by atoms with van der Waals surface area (Å²) in [6.45, 7) is 5.35. The number of ether oxygens (including phenoxy) is 2. The van der Waals surface area contributed by atoms with Crippen molar-refractivity contribution in [1.82, 2.24) is 4.48 Å². The summed E-state index contributed by atoms with van der Waals surface area (Å²) < 4.78 is 15.5. The summed E-state index contributed by atoms with van der Waals surface area (Å²) in [6.07, 6.45) is 9.36. The Morgan fingerprint density at radius 3 is 2.67 bits per heavy atom. The van der Waals surface area contributed by atoms with E-state index in [0.717, 1.165) is 29.2 Å². The van der Waals surface area contributed by atoms with Gasteiger partial charge in [-0.2, -0.15) is 4.58 Å². The van der Waals surface area contributed by atoms with E-state index >= 15 is 0 Å². The minimum Gasteiger partial charge on any atom is -0.493 e. The molecule has 2 heterocycles. The van der Waals surface area contributed by atoms with Gasteiger partial charge in [0.25, 0.3) is 0 Å². The zero-order chi connectivity index (χ0) is 21.7. The lowest BCUT2D eigenvalue weighted by atomic mass is 10.0. The van der Waals surface area contributed by atoms with E-state index in [0.29, 0.717) is 13.2 Å². The quantitative estimate of drug-likeness (QED) is 0.544. The fourth-order valence-corrected chi connectivity index (χ4v) is 3.91. The summed E-state index contributed by atoms with van der Waals surface area (Å²) in [5.41, 5.74) is 13.1. The van der Waals surface area contributed by atoms with Gasteiger partial charge in [0, 0.05) is 29.0 Å². The van der Waals surface area contributed by atoms with Gasteiger partial charge in [-0.15, -0.1) is 0 Å². The molecule has 6 heteroatoms. The summed E-state index contributed by atoms with van der Waals surface area (Å²) in [5.74, 6) is 1.50. The minimum atomic E-state index is 0.611. The average Bonchev–Trinajstić information content (AvgIpc) is 3.28. The minimum absolute atomic E-state index is 0.611. The largest absolute Gasteiger partial charge is 0.493 e. The fraction of sp³-hybridized carbons (Fsp3) is 0.292. The molecule has 30 heavy (non-hydrogen) atoms. The van der Waals surface area contributed by atoms with Gasteiger partial charge < -0.3 is 19.7 Å². The zero-order valence-electron chi connectivity index (χ0n) is 18.6. The van der Waals surface area contributed by atoms with Crippen molar-refractivity contribution in [3.05, 3.63) is 71.2 Å². The Morgan fingerprint density at radius 1 is 1.23 bits per heavy atom. The predicted molar refractivity (Wildman–Crippen MR) is 127 cm³/mol.